The first-order valence-electron chi connectivity index (χ1n) is 9.72. The van der Waals surface area contributed by atoms with Gasteiger partial charge in [0, 0.05) is 0 Å². The number of carbonyl (C=O) groups is 1. The van der Waals surface area contributed by atoms with Crippen molar-refractivity contribution < 1.29 is 23.8 Å². The summed E-state index contributed by atoms with van der Waals surface area (Å²) in [6.45, 7) is 4.28. The van der Waals surface area contributed by atoms with Crippen LogP contribution in [0.15, 0.2) is 12.1 Å². The molecule has 1 aliphatic carbocycles. The molecule has 0 saturated heterocycles. The third-order valence-electron chi connectivity index (χ3n) is 5.57. The number of hydrogen-bond acceptors (Lipinski definition) is 4. The summed E-state index contributed by atoms with van der Waals surface area (Å²) in [5.41, 5.74) is 0.428. The largest absolute Gasteiger partial charge is 0.505 e. The van der Waals surface area contributed by atoms with Crippen LogP contribution in [-0.2, 0) is 16.0 Å². The molecule has 0 spiro atoms. The molecule has 0 bridgehead atoms. The van der Waals surface area contributed by atoms with Crippen LogP contribution in [-0.4, -0.2) is 24.8 Å². The summed E-state index contributed by atoms with van der Waals surface area (Å²) in [4.78, 5) is 12.4. The Balaban J connectivity index is 2.14. The number of phenols is 1. The Hall–Kier alpha value is -1.78. The molecule has 2 rings (SSSR count). The molecule has 1 atom stereocenters. The average Bonchev–Trinajstić information content (AvgIpc) is 2.65. The second kappa shape index (κ2) is 9.79. The maximum Gasteiger partial charge on any atom is 0.309 e. The molecule has 1 saturated carbocycles. The number of aromatic hydroxyl groups is 1. The second-order valence-corrected chi connectivity index (χ2v) is 7.22. The molecule has 4 nitrogen and oxygen atoms in total. The predicted molar refractivity (Wildman–Crippen MR) is 98.8 cm³/mol. The van der Waals surface area contributed by atoms with E-state index in [1.807, 2.05) is 0 Å². The minimum absolute atomic E-state index is 0.0310. The molecule has 146 valence electrons. The van der Waals surface area contributed by atoms with Crippen molar-refractivity contribution in [1.29, 1.82) is 0 Å². The van der Waals surface area contributed by atoms with E-state index in [9.17, 15) is 14.3 Å². The lowest BCUT2D eigenvalue weighted by atomic mass is 9.73. The topological polar surface area (TPSA) is 55.8 Å². The molecule has 1 aromatic carbocycles. The van der Waals surface area contributed by atoms with Crippen LogP contribution in [0.1, 0.15) is 57.9 Å². The van der Waals surface area contributed by atoms with Gasteiger partial charge in [-0.2, -0.15) is 4.39 Å². The summed E-state index contributed by atoms with van der Waals surface area (Å²) in [6, 6.07) is 3.16. The number of benzene rings is 1. The van der Waals surface area contributed by atoms with Crippen molar-refractivity contribution in [2.24, 2.45) is 17.8 Å². The summed E-state index contributed by atoms with van der Waals surface area (Å²) in [7, 11) is 1.39. The monoisotopic (exact) mass is 366 g/mol. The van der Waals surface area contributed by atoms with Gasteiger partial charge >= 0.3 is 5.97 Å². The van der Waals surface area contributed by atoms with Gasteiger partial charge in [-0.05, 0) is 49.7 Å². The smallest absolute Gasteiger partial charge is 0.309 e. The Morgan fingerprint density at radius 1 is 1.27 bits per heavy atom. The van der Waals surface area contributed by atoms with Gasteiger partial charge in [0.25, 0.3) is 0 Å². The second-order valence-electron chi connectivity index (χ2n) is 7.22. The summed E-state index contributed by atoms with van der Waals surface area (Å²) >= 11 is 0. The van der Waals surface area contributed by atoms with E-state index in [4.69, 9.17) is 9.47 Å². The van der Waals surface area contributed by atoms with Crippen molar-refractivity contribution in [2.75, 3.05) is 13.7 Å². The first-order valence-corrected chi connectivity index (χ1v) is 9.72. The molecule has 26 heavy (non-hydrogen) atoms. The lowest BCUT2D eigenvalue weighted by Gasteiger charge is -2.32. The minimum Gasteiger partial charge on any atom is -0.505 e. The van der Waals surface area contributed by atoms with Crippen molar-refractivity contribution in [1.82, 2.24) is 0 Å². The summed E-state index contributed by atoms with van der Waals surface area (Å²) in [5.74, 6) is -0.841. The van der Waals surface area contributed by atoms with Gasteiger partial charge in [-0.25, -0.2) is 0 Å². The molecule has 1 N–H and O–H groups in total. The zero-order valence-electron chi connectivity index (χ0n) is 16.1. The Bertz CT molecular complexity index is 594. The molecule has 0 aliphatic heterocycles. The van der Waals surface area contributed by atoms with Gasteiger partial charge in [0.05, 0.1) is 19.6 Å². The van der Waals surface area contributed by atoms with Crippen molar-refractivity contribution >= 4 is 5.97 Å². The van der Waals surface area contributed by atoms with Gasteiger partial charge < -0.3 is 14.6 Å². The van der Waals surface area contributed by atoms with Gasteiger partial charge in [0.2, 0.25) is 5.82 Å². The lowest BCUT2D eigenvalue weighted by Crippen LogP contribution is -2.30. The van der Waals surface area contributed by atoms with E-state index in [0.29, 0.717) is 12.2 Å². The highest BCUT2D eigenvalue weighted by molar-refractivity contribution is 5.73. The van der Waals surface area contributed by atoms with E-state index in [1.165, 1.54) is 26.0 Å². The fourth-order valence-electron chi connectivity index (χ4n) is 4.14. The Kier molecular flexibility index (Phi) is 7.73. The summed E-state index contributed by atoms with van der Waals surface area (Å²) in [6.07, 6.45) is 6.90. The van der Waals surface area contributed by atoms with Crippen molar-refractivity contribution in [2.45, 2.75) is 58.8 Å². The lowest BCUT2D eigenvalue weighted by molar-refractivity contribution is -0.148. The van der Waals surface area contributed by atoms with Crippen LogP contribution in [0.5, 0.6) is 11.5 Å². The number of ether oxygens (including phenoxy) is 2. The van der Waals surface area contributed by atoms with E-state index < -0.39 is 11.6 Å². The molecule has 1 fully saturated rings. The fourth-order valence-corrected chi connectivity index (χ4v) is 4.14. The maximum absolute atomic E-state index is 14.3. The Labute approximate surface area is 155 Å². The van der Waals surface area contributed by atoms with Crippen molar-refractivity contribution in [3.05, 3.63) is 23.5 Å². The van der Waals surface area contributed by atoms with Crippen LogP contribution in [0.25, 0.3) is 0 Å². The third-order valence-corrected chi connectivity index (χ3v) is 5.57. The van der Waals surface area contributed by atoms with E-state index >= 15 is 0 Å². The standard InChI is InChI=1S/C21H31FO4/c1-4-6-14-7-9-15(10-8-14)17(21(24)25-3)13-16-11-12-18(26-5-2)19(22)20(16)23/h11-12,14-15,17,23H,4-10,13H2,1-3H3. The quantitative estimate of drug-likeness (QED) is 0.667. The molecular weight excluding hydrogens is 335 g/mol. The molecule has 5 heteroatoms. The van der Waals surface area contributed by atoms with E-state index in [-0.39, 0.29) is 30.0 Å². The van der Waals surface area contributed by atoms with Crippen LogP contribution in [0, 0.1) is 23.6 Å². The van der Waals surface area contributed by atoms with Crippen molar-refractivity contribution in [3.63, 3.8) is 0 Å². The zero-order valence-corrected chi connectivity index (χ0v) is 16.1. The summed E-state index contributed by atoms with van der Waals surface area (Å²) in [5, 5.41) is 10.2. The highest BCUT2D eigenvalue weighted by Gasteiger charge is 2.33. The van der Waals surface area contributed by atoms with E-state index in [1.54, 1.807) is 13.0 Å². The molecule has 0 radical (unpaired) electrons. The van der Waals surface area contributed by atoms with E-state index in [2.05, 4.69) is 6.92 Å². The number of esters is 1. The molecule has 0 aromatic heterocycles. The van der Waals surface area contributed by atoms with Crippen molar-refractivity contribution in [3.8, 4) is 11.5 Å². The Morgan fingerprint density at radius 3 is 2.54 bits per heavy atom. The number of methoxy groups -OCH3 is 1. The van der Waals surface area contributed by atoms with Crippen LogP contribution in [0.3, 0.4) is 0 Å². The van der Waals surface area contributed by atoms with E-state index in [0.717, 1.165) is 31.6 Å². The van der Waals surface area contributed by atoms with Gasteiger partial charge in [-0.15, -0.1) is 0 Å². The van der Waals surface area contributed by atoms with Gasteiger partial charge in [0.15, 0.2) is 11.5 Å². The molecule has 0 heterocycles. The fraction of sp³-hybridized carbons (Fsp3) is 0.667. The maximum atomic E-state index is 14.3. The number of rotatable bonds is 8. The van der Waals surface area contributed by atoms with Crippen LogP contribution >= 0.6 is 0 Å². The van der Waals surface area contributed by atoms with Crippen LogP contribution in [0.4, 0.5) is 4.39 Å². The molecule has 1 aliphatic rings. The molecule has 0 amide bonds. The zero-order chi connectivity index (χ0) is 19.1. The highest BCUT2D eigenvalue weighted by Crippen LogP contribution is 2.39. The van der Waals surface area contributed by atoms with Crippen LogP contribution in [0.2, 0.25) is 0 Å². The predicted octanol–water partition coefficient (Wildman–Crippen LogP) is 4.87. The minimum atomic E-state index is -0.764. The van der Waals surface area contributed by atoms with Crippen LogP contribution < -0.4 is 4.74 Å². The molecular formula is C21H31FO4. The number of halogens is 1. The van der Waals surface area contributed by atoms with Gasteiger partial charge in [-0.1, -0.05) is 38.7 Å². The number of phenolic OH excluding ortho intramolecular Hbond substituents is 1. The first kappa shape index (κ1) is 20.5. The normalized spacial score (nSPS) is 21.2. The first-order chi connectivity index (χ1) is 12.5. The third kappa shape index (κ3) is 4.89. The SMILES string of the molecule is CCCC1CCC(C(Cc2ccc(OCC)c(F)c2O)C(=O)OC)CC1. The highest BCUT2D eigenvalue weighted by atomic mass is 19.1. The van der Waals surface area contributed by atoms with Gasteiger partial charge in [-0.3, -0.25) is 4.79 Å². The Morgan fingerprint density at radius 2 is 1.96 bits per heavy atom. The molecule has 1 aromatic rings. The molecule has 1 unspecified atom stereocenters. The average molecular weight is 366 g/mol. The summed E-state index contributed by atoms with van der Waals surface area (Å²) < 4.78 is 24.4. The van der Waals surface area contributed by atoms with Gasteiger partial charge in [0.1, 0.15) is 0 Å². The number of hydrogen-bond donors (Lipinski definition) is 1. The number of carbonyl (C=O) groups excluding carboxylic acids is 1.